The molecule has 0 fully saturated rings. The summed E-state index contributed by atoms with van der Waals surface area (Å²) in [6.45, 7) is 5.77. The molecule has 2 amide bonds. The summed E-state index contributed by atoms with van der Waals surface area (Å²) >= 11 is 6.48. The molecule has 1 aliphatic rings. The summed E-state index contributed by atoms with van der Waals surface area (Å²) in [5.74, 6) is 0.393. The second kappa shape index (κ2) is 16.5. The lowest BCUT2D eigenvalue weighted by atomic mass is 9.95. The lowest BCUT2D eigenvalue weighted by molar-refractivity contribution is -0.136. The third-order valence-electron chi connectivity index (χ3n) is 6.71. The summed E-state index contributed by atoms with van der Waals surface area (Å²) in [7, 11) is 1.26. The van der Waals surface area contributed by atoms with Crippen LogP contribution in [0.5, 0.6) is 23.0 Å². The number of benzene rings is 3. The number of carbonyl (C=O) groups is 2. The van der Waals surface area contributed by atoms with Gasteiger partial charge in [0.25, 0.3) is 0 Å². The van der Waals surface area contributed by atoms with Gasteiger partial charge in [-0.3, -0.25) is 5.43 Å². The highest BCUT2D eigenvalue weighted by Gasteiger charge is 2.32. The third kappa shape index (κ3) is 9.27. The molecule has 2 atom stereocenters. The number of halogens is 2. The number of amides is 2. The molecule has 12 nitrogen and oxygen atoms in total. The van der Waals surface area contributed by atoms with Crippen LogP contribution in [0, 0.1) is 5.82 Å². The zero-order valence-electron chi connectivity index (χ0n) is 26.3. The number of nitrogens with zero attached hydrogens (tertiary/aromatic N) is 1. The number of urea groups is 1. The summed E-state index contributed by atoms with van der Waals surface area (Å²) in [6, 6.07) is 13.0. The number of nitrogens with one attached hydrogen (secondary N) is 3. The average Bonchev–Trinajstić information content (AvgIpc) is 3.03. The maximum absolute atomic E-state index is 13.5. The summed E-state index contributed by atoms with van der Waals surface area (Å²) in [4.78, 5) is 24.6. The number of hydrazone groups is 1. The zero-order valence-corrected chi connectivity index (χ0v) is 27.0. The van der Waals surface area contributed by atoms with E-state index in [1.165, 1.54) is 25.5 Å². The molecule has 0 aromatic heterocycles. The van der Waals surface area contributed by atoms with Gasteiger partial charge in [-0.1, -0.05) is 29.8 Å². The van der Waals surface area contributed by atoms with E-state index < -0.39 is 24.3 Å². The van der Waals surface area contributed by atoms with Crippen molar-refractivity contribution in [1.29, 1.82) is 0 Å². The molecule has 0 saturated heterocycles. The van der Waals surface area contributed by atoms with Crippen molar-refractivity contribution in [2.45, 2.75) is 39.6 Å². The normalized spacial score (nSPS) is 15.0. The Kier molecular flexibility index (Phi) is 12.3. The molecule has 4 N–H and O–H groups in total. The Balaban J connectivity index is 1.40. The van der Waals surface area contributed by atoms with Crippen LogP contribution in [0.2, 0.25) is 5.02 Å². The summed E-state index contributed by atoms with van der Waals surface area (Å²) < 4.78 is 41.5. The topological polar surface area (TPSA) is 149 Å². The van der Waals surface area contributed by atoms with Gasteiger partial charge in [-0.05, 0) is 73.9 Å². The highest BCUT2D eigenvalue weighted by molar-refractivity contribution is 6.32. The molecular weight excluding hydrogens is 635 g/mol. The van der Waals surface area contributed by atoms with E-state index in [0.717, 1.165) is 0 Å². The molecule has 0 aliphatic carbocycles. The number of carbonyl (C=O) groups excluding carboxylic acids is 2. The Labute approximate surface area is 276 Å². The van der Waals surface area contributed by atoms with Crippen LogP contribution < -0.4 is 35.0 Å². The summed E-state index contributed by atoms with van der Waals surface area (Å²) in [5, 5.41) is 20.1. The average molecular weight is 671 g/mol. The predicted molar refractivity (Wildman–Crippen MR) is 172 cm³/mol. The molecule has 0 radical (unpaired) electrons. The van der Waals surface area contributed by atoms with Crippen molar-refractivity contribution in [3.63, 3.8) is 0 Å². The van der Waals surface area contributed by atoms with E-state index >= 15 is 0 Å². The first-order chi connectivity index (χ1) is 22.6. The van der Waals surface area contributed by atoms with Gasteiger partial charge in [0.2, 0.25) is 0 Å². The number of hydrogen-bond acceptors (Lipinski definition) is 10. The van der Waals surface area contributed by atoms with Gasteiger partial charge in [0.15, 0.2) is 29.2 Å². The number of methoxy groups -OCH3 is 1. The van der Waals surface area contributed by atoms with E-state index in [0.29, 0.717) is 58.6 Å². The number of rotatable bonds is 15. The number of esters is 1. The minimum absolute atomic E-state index is 0.0896. The van der Waals surface area contributed by atoms with Crippen LogP contribution in [-0.2, 0) is 16.1 Å². The van der Waals surface area contributed by atoms with Crippen LogP contribution >= 0.6 is 11.6 Å². The molecule has 250 valence electrons. The van der Waals surface area contributed by atoms with Crippen LogP contribution in [0.25, 0.3) is 0 Å². The highest BCUT2D eigenvalue weighted by Crippen LogP contribution is 2.37. The molecule has 0 spiro atoms. The van der Waals surface area contributed by atoms with Crippen molar-refractivity contribution in [3.05, 3.63) is 93.4 Å². The smallest absolute Gasteiger partial charge is 0.337 e. The monoisotopic (exact) mass is 670 g/mol. The van der Waals surface area contributed by atoms with E-state index in [1.54, 1.807) is 56.3 Å². The molecule has 1 heterocycles. The Morgan fingerprint density at radius 2 is 1.83 bits per heavy atom. The van der Waals surface area contributed by atoms with Gasteiger partial charge in [-0.15, -0.1) is 0 Å². The Morgan fingerprint density at radius 3 is 2.55 bits per heavy atom. The van der Waals surface area contributed by atoms with Gasteiger partial charge < -0.3 is 39.4 Å². The van der Waals surface area contributed by atoms with Crippen LogP contribution in [0.15, 0.2) is 71.0 Å². The number of aliphatic hydroxyl groups excluding tert-OH is 1. The molecule has 4 rings (SSSR count). The molecule has 3 aromatic carbocycles. The fraction of sp³-hybridized carbons (Fsp3) is 0.303. The lowest BCUT2D eigenvalue weighted by Crippen LogP contribution is -2.45. The standard InChI is InChI=1S/C33H36ClFN4O8/c1-5-44-26-15-22(30-29(32(41)43-4)19(3)37-33(42)38-30)10-11-25(26)46-18-28(40)39-36-16-21-13-24(34)31(27(14-21)45-6-2)47-17-20-8-7-9-23(35)12-20/h7-16,28,30,39-40H,5-6,17-18H2,1-4H3,(H2,37,38,42)/b36-16-/t28-,30+/m0/s1. The summed E-state index contributed by atoms with van der Waals surface area (Å²) in [6.07, 6.45) is 0.229. The molecule has 47 heavy (non-hydrogen) atoms. The van der Waals surface area contributed by atoms with E-state index in [4.69, 9.17) is 35.3 Å². The first kappa shape index (κ1) is 34.9. The molecule has 3 aromatic rings. The van der Waals surface area contributed by atoms with Gasteiger partial charge in [0.05, 0.1) is 43.2 Å². The van der Waals surface area contributed by atoms with Crippen molar-refractivity contribution >= 4 is 29.8 Å². The van der Waals surface area contributed by atoms with E-state index in [1.807, 2.05) is 6.92 Å². The largest absolute Gasteiger partial charge is 0.490 e. The predicted octanol–water partition coefficient (Wildman–Crippen LogP) is 4.98. The quantitative estimate of drug-likeness (QED) is 0.0761. The number of hydrogen-bond donors (Lipinski definition) is 4. The van der Waals surface area contributed by atoms with Crippen LogP contribution in [0.1, 0.15) is 43.5 Å². The van der Waals surface area contributed by atoms with Crippen molar-refractivity contribution in [2.24, 2.45) is 5.10 Å². The van der Waals surface area contributed by atoms with Gasteiger partial charge in [-0.25, -0.2) is 14.0 Å². The fourth-order valence-corrected chi connectivity index (χ4v) is 4.94. The van der Waals surface area contributed by atoms with Gasteiger partial charge in [-0.2, -0.15) is 5.10 Å². The Morgan fingerprint density at radius 1 is 1.06 bits per heavy atom. The van der Waals surface area contributed by atoms with Crippen molar-refractivity contribution in [2.75, 3.05) is 26.9 Å². The molecule has 1 aliphatic heterocycles. The Hall–Kier alpha value is -5.01. The molecule has 0 saturated carbocycles. The van der Waals surface area contributed by atoms with Crippen LogP contribution in [-0.4, -0.2) is 56.5 Å². The maximum Gasteiger partial charge on any atom is 0.337 e. The Bertz CT molecular complexity index is 1650. The minimum atomic E-state index is -1.21. The van der Waals surface area contributed by atoms with Crippen molar-refractivity contribution in [1.82, 2.24) is 16.1 Å². The lowest BCUT2D eigenvalue weighted by Gasteiger charge is -2.28. The van der Waals surface area contributed by atoms with Crippen molar-refractivity contribution in [3.8, 4) is 23.0 Å². The molecule has 0 bridgehead atoms. The third-order valence-corrected chi connectivity index (χ3v) is 6.99. The summed E-state index contributed by atoms with van der Waals surface area (Å²) in [5.41, 5.74) is 4.97. The van der Waals surface area contributed by atoms with Crippen LogP contribution in [0.4, 0.5) is 9.18 Å². The van der Waals surface area contributed by atoms with Gasteiger partial charge >= 0.3 is 12.0 Å². The van der Waals surface area contributed by atoms with Crippen LogP contribution in [0.3, 0.4) is 0 Å². The fourth-order valence-electron chi connectivity index (χ4n) is 4.67. The molecular formula is C33H36ClFN4O8. The minimum Gasteiger partial charge on any atom is -0.490 e. The van der Waals surface area contributed by atoms with E-state index in [2.05, 4.69) is 21.2 Å². The first-order valence-corrected chi connectivity index (χ1v) is 15.1. The van der Waals surface area contributed by atoms with E-state index in [-0.39, 0.29) is 29.6 Å². The van der Waals surface area contributed by atoms with Crippen molar-refractivity contribution < 1.29 is 42.8 Å². The molecule has 0 unspecified atom stereocenters. The second-order valence-electron chi connectivity index (χ2n) is 10.1. The SMILES string of the molecule is CCOc1cc([C@H]2NC(=O)NC(C)=C2C(=O)OC)ccc1OC[C@H](O)N/N=C\c1cc(Cl)c(OCc2cccc(F)c2)c(OCC)c1. The molecule has 14 heteroatoms. The first-order valence-electron chi connectivity index (χ1n) is 14.7. The maximum atomic E-state index is 13.5. The van der Waals surface area contributed by atoms with Gasteiger partial charge in [0, 0.05) is 5.70 Å². The number of ether oxygens (including phenoxy) is 5. The highest BCUT2D eigenvalue weighted by atomic mass is 35.5. The van der Waals surface area contributed by atoms with Gasteiger partial charge in [0.1, 0.15) is 19.0 Å². The number of aliphatic hydroxyl groups is 1. The number of allylic oxidation sites excluding steroid dienone is 1. The second-order valence-corrected chi connectivity index (χ2v) is 10.5. The van der Waals surface area contributed by atoms with E-state index in [9.17, 15) is 19.1 Å². The zero-order chi connectivity index (χ0) is 33.9.